The van der Waals surface area contributed by atoms with Crippen molar-refractivity contribution in [1.29, 1.82) is 0 Å². The molecule has 0 saturated carbocycles. The average molecular weight is 265 g/mol. The number of hydrogen-bond donors (Lipinski definition) is 1. The maximum atomic E-state index is 11.8. The largest absolute Gasteiger partial charge is 0.497 e. The standard InChI is InChI=1S/C13H15NO5/c1-18-11-4-2-9(3-5-11)14-10(8-12(15)16)6-7-19-13(14)17/h2-5,10H,6-8H2,1H3,(H,15,16). The molecular weight excluding hydrogens is 250 g/mol. The first-order valence-electron chi connectivity index (χ1n) is 5.93. The number of aliphatic carboxylic acids is 1. The number of carbonyl (C=O) groups is 2. The molecule has 0 bridgehead atoms. The van der Waals surface area contributed by atoms with Crippen molar-refractivity contribution in [3.63, 3.8) is 0 Å². The molecule has 6 heteroatoms. The molecule has 0 aliphatic carbocycles. The van der Waals surface area contributed by atoms with Crippen molar-refractivity contribution < 1.29 is 24.2 Å². The van der Waals surface area contributed by atoms with Crippen molar-refractivity contribution in [2.24, 2.45) is 0 Å². The molecule has 0 radical (unpaired) electrons. The van der Waals surface area contributed by atoms with Gasteiger partial charge in [0, 0.05) is 12.1 Å². The second kappa shape index (κ2) is 5.60. The molecule has 1 heterocycles. The number of cyclic esters (lactones) is 1. The molecule has 0 spiro atoms. The lowest BCUT2D eigenvalue weighted by molar-refractivity contribution is -0.137. The topological polar surface area (TPSA) is 76.1 Å². The van der Waals surface area contributed by atoms with Crippen molar-refractivity contribution in [3.8, 4) is 5.75 Å². The van der Waals surface area contributed by atoms with E-state index < -0.39 is 12.1 Å². The summed E-state index contributed by atoms with van der Waals surface area (Å²) in [6, 6.07) is 6.47. The number of carboxylic acid groups (broad SMARTS) is 1. The van der Waals surface area contributed by atoms with E-state index in [0.29, 0.717) is 17.9 Å². The number of methoxy groups -OCH3 is 1. The van der Waals surface area contributed by atoms with Crippen LogP contribution in [0.4, 0.5) is 10.5 Å². The molecule has 2 rings (SSSR count). The van der Waals surface area contributed by atoms with E-state index in [-0.39, 0.29) is 19.1 Å². The highest BCUT2D eigenvalue weighted by Gasteiger charge is 2.32. The van der Waals surface area contributed by atoms with Crippen LogP contribution in [0, 0.1) is 0 Å². The smallest absolute Gasteiger partial charge is 0.414 e. The number of hydrogen-bond acceptors (Lipinski definition) is 4. The summed E-state index contributed by atoms with van der Waals surface area (Å²) < 4.78 is 10.0. The maximum Gasteiger partial charge on any atom is 0.414 e. The summed E-state index contributed by atoms with van der Waals surface area (Å²) in [4.78, 5) is 24.1. The summed E-state index contributed by atoms with van der Waals surface area (Å²) in [6.07, 6.45) is -0.103. The molecule has 1 aliphatic heterocycles. The van der Waals surface area contributed by atoms with Crippen LogP contribution in [-0.2, 0) is 9.53 Å². The Morgan fingerprint density at radius 2 is 2.16 bits per heavy atom. The fourth-order valence-corrected chi connectivity index (χ4v) is 2.08. The minimum Gasteiger partial charge on any atom is -0.497 e. The first kappa shape index (κ1) is 13.2. The molecule has 1 aliphatic rings. The zero-order valence-electron chi connectivity index (χ0n) is 10.5. The van der Waals surface area contributed by atoms with Crippen LogP contribution in [0.3, 0.4) is 0 Å². The minimum atomic E-state index is -0.932. The van der Waals surface area contributed by atoms with Crippen molar-refractivity contribution >= 4 is 17.7 Å². The molecule has 1 unspecified atom stereocenters. The molecule has 1 atom stereocenters. The van der Waals surface area contributed by atoms with Gasteiger partial charge in [-0.3, -0.25) is 9.69 Å². The Morgan fingerprint density at radius 3 is 2.74 bits per heavy atom. The van der Waals surface area contributed by atoms with E-state index in [0.717, 1.165) is 0 Å². The molecule has 0 aromatic heterocycles. The predicted molar refractivity (Wildman–Crippen MR) is 67.5 cm³/mol. The molecule has 1 saturated heterocycles. The van der Waals surface area contributed by atoms with Crippen LogP contribution in [0.5, 0.6) is 5.75 Å². The molecule has 1 aromatic rings. The number of rotatable bonds is 4. The Bertz CT molecular complexity index is 470. The summed E-state index contributed by atoms with van der Waals surface area (Å²) in [5.74, 6) is -0.262. The summed E-state index contributed by atoms with van der Waals surface area (Å²) in [5, 5.41) is 8.90. The number of carboxylic acids is 1. The van der Waals surface area contributed by atoms with E-state index >= 15 is 0 Å². The number of benzene rings is 1. The normalized spacial score (nSPS) is 18.9. The van der Waals surface area contributed by atoms with Gasteiger partial charge >= 0.3 is 12.1 Å². The Morgan fingerprint density at radius 1 is 1.47 bits per heavy atom. The third-order valence-electron chi connectivity index (χ3n) is 3.00. The second-order valence-electron chi connectivity index (χ2n) is 4.22. The first-order valence-corrected chi connectivity index (χ1v) is 5.93. The van der Waals surface area contributed by atoms with Gasteiger partial charge in [0.15, 0.2) is 0 Å². The van der Waals surface area contributed by atoms with Crippen LogP contribution in [0.1, 0.15) is 12.8 Å². The van der Waals surface area contributed by atoms with Gasteiger partial charge in [0.05, 0.1) is 26.2 Å². The fraction of sp³-hybridized carbons (Fsp3) is 0.385. The van der Waals surface area contributed by atoms with E-state index in [4.69, 9.17) is 14.6 Å². The predicted octanol–water partition coefficient (Wildman–Crippen LogP) is 1.89. The Hall–Kier alpha value is -2.24. The average Bonchev–Trinajstić information content (AvgIpc) is 2.38. The molecule has 1 N–H and O–H groups in total. The van der Waals surface area contributed by atoms with Gasteiger partial charge in [-0.25, -0.2) is 4.79 Å². The highest BCUT2D eigenvalue weighted by atomic mass is 16.6. The molecule has 1 aromatic carbocycles. The van der Waals surface area contributed by atoms with Gasteiger partial charge in [0.2, 0.25) is 0 Å². The first-order chi connectivity index (χ1) is 9.11. The van der Waals surface area contributed by atoms with Gasteiger partial charge in [0.25, 0.3) is 0 Å². The lowest BCUT2D eigenvalue weighted by Gasteiger charge is -2.34. The van der Waals surface area contributed by atoms with Crippen molar-refractivity contribution in [2.75, 3.05) is 18.6 Å². The molecule has 1 amide bonds. The summed E-state index contributed by atoms with van der Waals surface area (Å²) in [5.41, 5.74) is 0.608. The minimum absolute atomic E-state index is 0.0961. The van der Waals surface area contributed by atoms with E-state index in [9.17, 15) is 9.59 Å². The Balaban J connectivity index is 2.24. The molecule has 6 nitrogen and oxygen atoms in total. The van der Waals surface area contributed by atoms with Gasteiger partial charge in [0.1, 0.15) is 5.75 Å². The van der Waals surface area contributed by atoms with Gasteiger partial charge in [-0.05, 0) is 24.3 Å². The van der Waals surface area contributed by atoms with Crippen LogP contribution in [0.15, 0.2) is 24.3 Å². The third-order valence-corrected chi connectivity index (χ3v) is 3.00. The quantitative estimate of drug-likeness (QED) is 0.899. The van der Waals surface area contributed by atoms with Crippen molar-refractivity contribution in [1.82, 2.24) is 0 Å². The SMILES string of the molecule is COc1ccc(N2C(=O)OCCC2CC(=O)O)cc1. The van der Waals surface area contributed by atoms with Crippen LogP contribution in [0.2, 0.25) is 0 Å². The lowest BCUT2D eigenvalue weighted by Crippen LogP contribution is -2.46. The van der Waals surface area contributed by atoms with E-state index in [1.54, 1.807) is 31.4 Å². The highest BCUT2D eigenvalue weighted by Crippen LogP contribution is 2.26. The van der Waals surface area contributed by atoms with Crippen LogP contribution >= 0.6 is 0 Å². The Labute approximate surface area is 110 Å². The molecular formula is C13H15NO5. The Kier molecular flexibility index (Phi) is 3.89. The van der Waals surface area contributed by atoms with E-state index in [2.05, 4.69) is 0 Å². The highest BCUT2D eigenvalue weighted by molar-refractivity contribution is 5.90. The van der Waals surface area contributed by atoms with E-state index in [1.807, 2.05) is 0 Å². The zero-order chi connectivity index (χ0) is 13.8. The van der Waals surface area contributed by atoms with Crippen LogP contribution in [-0.4, -0.2) is 36.9 Å². The van der Waals surface area contributed by atoms with Gasteiger partial charge in [-0.15, -0.1) is 0 Å². The van der Waals surface area contributed by atoms with Crippen molar-refractivity contribution in [2.45, 2.75) is 18.9 Å². The van der Waals surface area contributed by atoms with Gasteiger partial charge in [-0.2, -0.15) is 0 Å². The summed E-state index contributed by atoms with van der Waals surface area (Å²) >= 11 is 0. The molecule has 102 valence electrons. The number of amides is 1. The molecule has 19 heavy (non-hydrogen) atoms. The lowest BCUT2D eigenvalue weighted by atomic mass is 10.1. The number of ether oxygens (including phenoxy) is 2. The maximum absolute atomic E-state index is 11.8. The number of carbonyl (C=O) groups excluding carboxylic acids is 1. The van der Waals surface area contributed by atoms with Crippen LogP contribution in [0.25, 0.3) is 0 Å². The fourth-order valence-electron chi connectivity index (χ4n) is 2.08. The summed E-state index contributed by atoms with van der Waals surface area (Å²) in [7, 11) is 1.55. The monoisotopic (exact) mass is 265 g/mol. The van der Waals surface area contributed by atoms with E-state index in [1.165, 1.54) is 4.90 Å². The van der Waals surface area contributed by atoms with Crippen LogP contribution < -0.4 is 9.64 Å². The van der Waals surface area contributed by atoms with Crippen molar-refractivity contribution in [3.05, 3.63) is 24.3 Å². The summed E-state index contributed by atoms with van der Waals surface area (Å²) in [6.45, 7) is 0.253. The second-order valence-corrected chi connectivity index (χ2v) is 4.22. The zero-order valence-corrected chi connectivity index (χ0v) is 10.5. The number of anilines is 1. The molecule has 1 fully saturated rings. The van der Waals surface area contributed by atoms with Gasteiger partial charge in [-0.1, -0.05) is 0 Å². The third kappa shape index (κ3) is 2.96. The number of nitrogens with zero attached hydrogens (tertiary/aromatic N) is 1. The van der Waals surface area contributed by atoms with Gasteiger partial charge < -0.3 is 14.6 Å².